The van der Waals surface area contributed by atoms with Gasteiger partial charge in [-0.2, -0.15) is 0 Å². The Bertz CT molecular complexity index is 1070. The van der Waals surface area contributed by atoms with Crippen molar-refractivity contribution < 1.29 is 11.0 Å². The summed E-state index contributed by atoms with van der Waals surface area (Å²) in [5.41, 5.74) is 3.96. The molecule has 0 heterocycles. The van der Waals surface area contributed by atoms with Crippen molar-refractivity contribution in [3.8, 4) is 5.75 Å². The molecule has 0 spiro atoms. The van der Waals surface area contributed by atoms with E-state index in [0.29, 0.717) is 5.56 Å². The van der Waals surface area contributed by atoms with E-state index >= 15 is 0 Å². The van der Waals surface area contributed by atoms with Crippen molar-refractivity contribution >= 4 is 16.7 Å². The Morgan fingerprint density at radius 1 is 1.13 bits per heavy atom. The average Bonchev–Trinajstić information content (AvgIpc) is 3.20. The van der Waals surface area contributed by atoms with Crippen LogP contribution in [0.5, 0.6) is 5.75 Å². The van der Waals surface area contributed by atoms with Gasteiger partial charge in [-0.25, -0.2) is 0 Å². The molecule has 3 aromatic carbocycles. The molecule has 2 atom stereocenters. The fraction of sp³-hybridized carbons (Fsp3) is 0.321. The number of benzene rings is 3. The van der Waals surface area contributed by atoms with Gasteiger partial charge in [0.2, 0.25) is 0 Å². The van der Waals surface area contributed by atoms with Crippen molar-refractivity contribution in [1.29, 1.82) is 0 Å². The summed E-state index contributed by atoms with van der Waals surface area (Å²) in [6, 6.07) is 20.1. The zero-order chi connectivity index (χ0) is 22.4. The summed E-state index contributed by atoms with van der Waals surface area (Å²) < 4.78 is 6.10. The van der Waals surface area contributed by atoms with Crippen molar-refractivity contribution in [3.05, 3.63) is 89.5 Å². The molecule has 31 heavy (non-hydrogen) atoms. The van der Waals surface area contributed by atoms with Crippen LogP contribution in [0, 0.1) is 6.92 Å². The minimum atomic E-state index is -0.101. The third-order valence-corrected chi connectivity index (χ3v) is 5.73. The molecular formula is C28H35NO2. The Balaban J connectivity index is 0.00000118. The van der Waals surface area contributed by atoms with Gasteiger partial charge in [-0.1, -0.05) is 74.5 Å². The fourth-order valence-electron chi connectivity index (χ4n) is 4.08. The number of nitrogens with one attached hydrogen (secondary N) is 1. The van der Waals surface area contributed by atoms with Gasteiger partial charge in [-0.15, -0.1) is 0 Å². The Morgan fingerprint density at radius 3 is 2.61 bits per heavy atom. The number of amides is 1. The first-order valence-corrected chi connectivity index (χ1v) is 11.2. The van der Waals surface area contributed by atoms with Crippen LogP contribution in [0.15, 0.2) is 72.8 Å². The quantitative estimate of drug-likeness (QED) is 0.439. The first-order valence-electron chi connectivity index (χ1n) is 11.2. The van der Waals surface area contributed by atoms with E-state index in [4.69, 9.17) is 4.74 Å². The van der Waals surface area contributed by atoms with Crippen molar-refractivity contribution in [2.45, 2.75) is 59.1 Å². The highest BCUT2D eigenvalue weighted by Crippen LogP contribution is 2.29. The minimum Gasteiger partial charge on any atom is -0.490 e. The molecule has 3 aromatic rings. The summed E-state index contributed by atoms with van der Waals surface area (Å²) in [5, 5.41) is 5.51. The standard InChI is InChI=1S/C26H27NO2.C2H6.H2/c1-17-11-13-21(15-17)29-22-14-12-18(2)25(16-22)26(28)27-19(3)23-10-6-8-20-7-4-5-9-24(20)23;1-2;/h4-10,12,14,16,19,21H,1,11,13,15H2,2-3H3,(H,27,28);1-2H3;1H/t19-,21?;;/m1../s1. The van der Waals surface area contributed by atoms with Gasteiger partial charge in [0.25, 0.3) is 5.91 Å². The molecule has 1 saturated carbocycles. The van der Waals surface area contributed by atoms with E-state index in [2.05, 4.69) is 36.2 Å². The summed E-state index contributed by atoms with van der Waals surface area (Å²) in [4.78, 5) is 13.0. The second kappa shape index (κ2) is 10.3. The van der Waals surface area contributed by atoms with Gasteiger partial charge >= 0.3 is 0 Å². The maximum absolute atomic E-state index is 13.0. The molecule has 1 amide bonds. The Hall–Kier alpha value is -3.07. The summed E-state index contributed by atoms with van der Waals surface area (Å²) in [5.74, 6) is 0.669. The lowest BCUT2D eigenvalue weighted by molar-refractivity contribution is 0.0938. The number of rotatable bonds is 5. The molecule has 0 radical (unpaired) electrons. The molecule has 1 fully saturated rings. The molecule has 1 aliphatic carbocycles. The molecule has 164 valence electrons. The topological polar surface area (TPSA) is 38.3 Å². The van der Waals surface area contributed by atoms with Gasteiger partial charge in [-0.05, 0) is 60.7 Å². The predicted octanol–water partition coefficient (Wildman–Crippen LogP) is 7.40. The summed E-state index contributed by atoms with van der Waals surface area (Å²) in [6.07, 6.45) is 3.07. The van der Waals surface area contributed by atoms with Crippen LogP contribution >= 0.6 is 0 Å². The van der Waals surface area contributed by atoms with E-state index in [9.17, 15) is 4.79 Å². The summed E-state index contributed by atoms with van der Waals surface area (Å²) in [7, 11) is 0. The normalized spacial score (nSPS) is 16.4. The molecule has 4 rings (SSSR count). The third kappa shape index (κ3) is 5.35. The number of aryl methyl sites for hydroxylation is 1. The van der Waals surface area contributed by atoms with E-state index in [-0.39, 0.29) is 19.5 Å². The summed E-state index contributed by atoms with van der Waals surface area (Å²) in [6.45, 7) is 12.0. The maximum Gasteiger partial charge on any atom is 0.252 e. The molecule has 0 bridgehead atoms. The average molecular weight is 418 g/mol. The minimum absolute atomic E-state index is 0. The molecule has 3 heteroatoms. The molecule has 0 saturated heterocycles. The van der Waals surface area contributed by atoms with E-state index in [1.54, 1.807) is 0 Å². The monoisotopic (exact) mass is 417 g/mol. The van der Waals surface area contributed by atoms with E-state index in [1.165, 1.54) is 11.0 Å². The second-order valence-electron chi connectivity index (χ2n) is 7.97. The van der Waals surface area contributed by atoms with Crippen LogP contribution in [-0.2, 0) is 0 Å². The first kappa shape index (κ1) is 22.6. The van der Waals surface area contributed by atoms with Crippen LogP contribution in [0.4, 0.5) is 0 Å². The third-order valence-electron chi connectivity index (χ3n) is 5.73. The number of carbonyl (C=O) groups is 1. The first-order chi connectivity index (χ1) is 15.0. The van der Waals surface area contributed by atoms with E-state index < -0.39 is 0 Å². The lowest BCUT2D eigenvalue weighted by Crippen LogP contribution is -2.27. The van der Waals surface area contributed by atoms with E-state index in [1.807, 2.05) is 64.1 Å². The van der Waals surface area contributed by atoms with Gasteiger partial charge in [0.15, 0.2) is 0 Å². The SMILES string of the molecule is C=C1CCC(Oc2ccc(C)c(C(=O)N[C@H](C)c3cccc4ccccc34)c2)C1.CC.[HH]. The molecule has 1 N–H and O–H groups in total. The lowest BCUT2D eigenvalue weighted by Gasteiger charge is -2.19. The Kier molecular flexibility index (Phi) is 7.51. The predicted molar refractivity (Wildman–Crippen MR) is 132 cm³/mol. The van der Waals surface area contributed by atoms with E-state index in [0.717, 1.165) is 41.5 Å². The zero-order valence-corrected chi connectivity index (χ0v) is 19.1. The Labute approximate surface area is 187 Å². The number of carbonyl (C=O) groups excluding carboxylic acids is 1. The zero-order valence-electron chi connectivity index (χ0n) is 19.1. The van der Waals surface area contributed by atoms with Crippen molar-refractivity contribution in [2.75, 3.05) is 0 Å². The van der Waals surface area contributed by atoms with Gasteiger partial charge in [0, 0.05) is 13.4 Å². The van der Waals surface area contributed by atoms with Crippen LogP contribution in [0.3, 0.4) is 0 Å². The van der Waals surface area contributed by atoms with Gasteiger partial charge in [0.05, 0.1) is 6.04 Å². The number of hydrogen-bond donors (Lipinski definition) is 1. The molecule has 1 unspecified atom stereocenters. The van der Waals surface area contributed by atoms with Crippen molar-refractivity contribution in [2.24, 2.45) is 0 Å². The largest absolute Gasteiger partial charge is 0.490 e. The highest BCUT2D eigenvalue weighted by molar-refractivity contribution is 5.96. The highest BCUT2D eigenvalue weighted by atomic mass is 16.5. The molecule has 3 nitrogen and oxygen atoms in total. The van der Waals surface area contributed by atoms with Crippen molar-refractivity contribution in [1.82, 2.24) is 5.32 Å². The van der Waals surface area contributed by atoms with Crippen LogP contribution < -0.4 is 10.1 Å². The van der Waals surface area contributed by atoms with Crippen molar-refractivity contribution in [3.63, 3.8) is 0 Å². The van der Waals surface area contributed by atoms with Crippen LogP contribution in [0.25, 0.3) is 10.8 Å². The molecule has 1 aliphatic rings. The highest BCUT2D eigenvalue weighted by Gasteiger charge is 2.21. The van der Waals surface area contributed by atoms with Gasteiger partial charge < -0.3 is 10.1 Å². The molecular weight excluding hydrogens is 382 g/mol. The second-order valence-corrected chi connectivity index (χ2v) is 7.97. The Morgan fingerprint density at radius 2 is 1.87 bits per heavy atom. The maximum atomic E-state index is 13.0. The van der Waals surface area contributed by atoms with Crippen LogP contribution in [-0.4, -0.2) is 12.0 Å². The smallest absolute Gasteiger partial charge is 0.252 e. The number of hydrogen-bond acceptors (Lipinski definition) is 2. The van der Waals surface area contributed by atoms with Crippen LogP contribution in [0.2, 0.25) is 0 Å². The lowest BCUT2D eigenvalue weighted by atomic mass is 9.99. The van der Waals surface area contributed by atoms with Gasteiger partial charge in [0.1, 0.15) is 11.9 Å². The number of fused-ring (bicyclic) bond motifs is 1. The molecule has 0 aromatic heterocycles. The van der Waals surface area contributed by atoms with Crippen LogP contribution in [0.1, 0.15) is 69.0 Å². The van der Waals surface area contributed by atoms with Gasteiger partial charge in [-0.3, -0.25) is 4.79 Å². The fourth-order valence-corrected chi connectivity index (χ4v) is 4.08. The number of ether oxygens (including phenoxy) is 1. The summed E-state index contributed by atoms with van der Waals surface area (Å²) >= 11 is 0. The molecule has 0 aliphatic heterocycles.